The molecule has 0 radical (unpaired) electrons. The Labute approximate surface area is 165 Å². The van der Waals surface area contributed by atoms with E-state index in [1.807, 2.05) is 24.3 Å². The largest absolute Gasteiger partial charge is 0.372 e. The molecular formula is C21H26ClN3O2. The van der Waals surface area contributed by atoms with Crippen LogP contribution in [-0.2, 0) is 9.59 Å². The maximum absolute atomic E-state index is 12.2. The zero-order valence-electron chi connectivity index (χ0n) is 16.0. The summed E-state index contributed by atoms with van der Waals surface area (Å²) < 4.78 is 0. The highest BCUT2D eigenvalue weighted by atomic mass is 35.5. The standard InChI is InChI=1S/C21H26ClN3O2/c1-4-24(5-2)19-10-12-20(13-11-19)25(16(3)26)15-14-21(27)23-18-8-6-17(22)7-9-18/h6-13H,4-5,14-15H2,1-3H3,(H,23,27). The van der Waals surface area contributed by atoms with Crippen LogP contribution in [0.5, 0.6) is 0 Å². The molecule has 0 unspecified atom stereocenters. The van der Waals surface area contributed by atoms with E-state index in [1.54, 1.807) is 29.2 Å². The van der Waals surface area contributed by atoms with E-state index in [4.69, 9.17) is 11.6 Å². The molecule has 2 amide bonds. The average Bonchev–Trinajstić information content (AvgIpc) is 2.65. The van der Waals surface area contributed by atoms with E-state index in [-0.39, 0.29) is 18.2 Å². The van der Waals surface area contributed by atoms with Crippen LogP contribution in [-0.4, -0.2) is 31.4 Å². The van der Waals surface area contributed by atoms with Gasteiger partial charge in [0.2, 0.25) is 11.8 Å². The van der Waals surface area contributed by atoms with Gasteiger partial charge in [0.15, 0.2) is 0 Å². The minimum absolute atomic E-state index is 0.0927. The lowest BCUT2D eigenvalue weighted by atomic mass is 10.2. The fourth-order valence-electron chi connectivity index (χ4n) is 2.87. The van der Waals surface area contributed by atoms with E-state index in [0.717, 1.165) is 24.5 Å². The Balaban J connectivity index is 1.99. The molecule has 0 atom stereocenters. The van der Waals surface area contributed by atoms with Crippen LogP contribution in [0.15, 0.2) is 48.5 Å². The summed E-state index contributed by atoms with van der Waals surface area (Å²) in [4.78, 5) is 28.1. The fourth-order valence-corrected chi connectivity index (χ4v) is 3.00. The topological polar surface area (TPSA) is 52.6 Å². The molecule has 1 N–H and O–H groups in total. The van der Waals surface area contributed by atoms with Crippen molar-refractivity contribution in [1.29, 1.82) is 0 Å². The summed E-state index contributed by atoms with van der Waals surface area (Å²) in [5.41, 5.74) is 2.59. The zero-order chi connectivity index (χ0) is 19.8. The molecule has 0 aliphatic heterocycles. The molecule has 27 heavy (non-hydrogen) atoms. The van der Waals surface area contributed by atoms with Gasteiger partial charge in [-0.1, -0.05) is 11.6 Å². The Morgan fingerprint density at radius 3 is 2.00 bits per heavy atom. The van der Waals surface area contributed by atoms with E-state index in [1.165, 1.54) is 6.92 Å². The maximum Gasteiger partial charge on any atom is 0.226 e. The van der Waals surface area contributed by atoms with Crippen molar-refractivity contribution in [3.63, 3.8) is 0 Å². The predicted octanol–water partition coefficient (Wildman–Crippen LogP) is 4.57. The third-order valence-electron chi connectivity index (χ3n) is 4.36. The maximum atomic E-state index is 12.2. The van der Waals surface area contributed by atoms with E-state index in [0.29, 0.717) is 17.3 Å². The Morgan fingerprint density at radius 2 is 1.48 bits per heavy atom. The van der Waals surface area contributed by atoms with Crippen molar-refractivity contribution in [2.24, 2.45) is 0 Å². The van der Waals surface area contributed by atoms with Crippen molar-refractivity contribution in [3.05, 3.63) is 53.6 Å². The first-order valence-electron chi connectivity index (χ1n) is 9.13. The zero-order valence-corrected chi connectivity index (χ0v) is 16.8. The number of rotatable bonds is 8. The number of carbonyl (C=O) groups excluding carboxylic acids is 2. The third kappa shape index (κ3) is 6.00. The number of hydrogen-bond donors (Lipinski definition) is 1. The van der Waals surface area contributed by atoms with Crippen LogP contribution < -0.4 is 15.1 Å². The highest BCUT2D eigenvalue weighted by Gasteiger charge is 2.14. The molecule has 0 saturated heterocycles. The predicted molar refractivity (Wildman–Crippen MR) is 113 cm³/mol. The molecule has 0 aliphatic carbocycles. The Bertz CT molecular complexity index is 756. The lowest BCUT2D eigenvalue weighted by Crippen LogP contribution is -2.32. The quantitative estimate of drug-likeness (QED) is 0.721. The molecule has 0 bridgehead atoms. The molecule has 0 heterocycles. The molecule has 0 aromatic heterocycles. The van der Waals surface area contributed by atoms with Crippen LogP contribution >= 0.6 is 11.6 Å². The second-order valence-electron chi connectivity index (χ2n) is 6.16. The fraction of sp³-hybridized carbons (Fsp3) is 0.333. The van der Waals surface area contributed by atoms with Gasteiger partial charge in [0.1, 0.15) is 0 Å². The first-order valence-corrected chi connectivity index (χ1v) is 9.51. The molecule has 0 fully saturated rings. The monoisotopic (exact) mass is 387 g/mol. The molecule has 5 nitrogen and oxygen atoms in total. The molecule has 0 aliphatic rings. The normalized spacial score (nSPS) is 10.4. The number of carbonyl (C=O) groups is 2. The number of hydrogen-bond acceptors (Lipinski definition) is 3. The molecule has 0 saturated carbocycles. The first-order chi connectivity index (χ1) is 12.9. The number of halogens is 1. The van der Waals surface area contributed by atoms with Gasteiger partial charge in [-0.3, -0.25) is 9.59 Å². The van der Waals surface area contributed by atoms with E-state index in [2.05, 4.69) is 24.1 Å². The summed E-state index contributed by atoms with van der Waals surface area (Å²) in [6.45, 7) is 7.90. The molecule has 0 spiro atoms. The smallest absolute Gasteiger partial charge is 0.226 e. The summed E-state index contributed by atoms with van der Waals surface area (Å²) in [6.07, 6.45) is 0.208. The summed E-state index contributed by atoms with van der Waals surface area (Å²) in [7, 11) is 0. The molecule has 6 heteroatoms. The number of nitrogens with zero attached hydrogens (tertiary/aromatic N) is 2. The average molecular weight is 388 g/mol. The minimum atomic E-state index is -0.150. The van der Waals surface area contributed by atoms with Crippen LogP contribution in [0.4, 0.5) is 17.1 Å². The van der Waals surface area contributed by atoms with Crippen LogP contribution in [0.1, 0.15) is 27.2 Å². The number of nitrogens with one attached hydrogen (secondary N) is 1. The third-order valence-corrected chi connectivity index (χ3v) is 4.61. The lowest BCUT2D eigenvalue weighted by Gasteiger charge is -2.24. The summed E-state index contributed by atoms with van der Waals surface area (Å²) >= 11 is 5.84. The second kappa shape index (κ2) is 9.97. The first kappa shape index (κ1) is 20.8. The van der Waals surface area contributed by atoms with Gasteiger partial charge < -0.3 is 15.1 Å². The molecule has 144 valence electrons. The van der Waals surface area contributed by atoms with E-state index >= 15 is 0 Å². The van der Waals surface area contributed by atoms with Crippen LogP contribution in [0.25, 0.3) is 0 Å². The van der Waals surface area contributed by atoms with Gasteiger partial charge in [0.05, 0.1) is 0 Å². The number of anilines is 3. The Morgan fingerprint density at radius 1 is 0.926 bits per heavy atom. The van der Waals surface area contributed by atoms with Gasteiger partial charge in [-0.05, 0) is 62.4 Å². The minimum Gasteiger partial charge on any atom is -0.372 e. The van der Waals surface area contributed by atoms with E-state index < -0.39 is 0 Å². The molecular weight excluding hydrogens is 362 g/mol. The summed E-state index contributed by atoms with van der Waals surface area (Å²) in [5.74, 6) is -0.242. The van der Waals surface area contributed by atoms with Crippen molar-refractivity contribution in [2.75, 3.05) is 34.8 Å². The second-order valence-corrected chi connectivity index (χ2v) is 6.60. The van der Waals surface area contributed by atoms with Crippen molar-refractivity contribution in [2.45, 2.75) is 27.2 Å². The summed E-state index contributed by atoms with van der Waals surface area (Å²) in [5, 5.41) is 3.43. The van der Waals surface area contributed by atoms with Crippen LogP contribution in [0.2, 0.25) is 5.02 Å². The SMILES string of the molecule is CCN(CC)c1ccc(N(CCC(=O)Nc2ccc(Cl)cc2)C(C)=O)cc1. The van der Waals surface area contributed by atoms with Crippen molar-refractivity contribution in [1.82, 2.24) is 0 Å². The van der Waals surface area contributed by atoms with Gasteiger partial charge in [-0.2, -0.15) is 0 Å². The molecule has 2 aromatic carbocycles. The molecule has 2 aromatic rings. The number of benzene rings is 2. The van der Waals surface area contributed by atoms with Crippen LogP contribution in [0, 0.1) is 0 Å². The van der Waals surface area contributed by atoms with Gasteiger partial charge in [0, 0.05) is 55.1 Å². The Kier molecular flexibility index (Phi) is 7.67. The van der Waals surface area contributed by atoms with Gasteiger partial charge in [-0.25, -0.2) is 0 Å². The summed E-state index contributed by atoms with van der Waals surface area (Å²) in [6, 6.07) is 14.8. The van der Waals surface area contributed by atoms with Gasteiger partial charge in [-0.15, -0.1) is 0 Å². The highest BCUT2D eigenvalue weighted by Crippen LogP contribution is 2.21. The highest BCUT2D eigenvalue weighted by molar-refractivity contribution is 6.30. The Hall–Kier alpha value is -2.53. The van der Waals surface area contributed by atoms with Gasteiger partial charge in [0.25, 0.3) is 0 Å². The number of amides is 2. The van der Waals surface area contributed by atoms with Crippen molar-refractivity contribution >= 4 is 40.5 Å². The molecule has 2 rings (SSSR count). The lowest BCUT2D eigenvalue weighted by molar-refractivity contribution is -0.117. The van der Waals surface area contributed by atoms with E-state index in [9.17, 15) is 9.59 Å². The van der Waals surface area contributed by atoms with Crippen molar-refractivity contribution < 1.29 is 9.59 Å². The van der Waals surface area contributed by atoms with Gasteiger partial charge >= 0.3 is 0 Å². The van der Waals surface area contributed by atoms with Crippen molar-refractivity contribution in [3.8, 4) is 0 Å². The van der Waals surface area contributed by atoms with Crippen LogP contribution in [0.3, 0.4) is 0 Å².